The van der Waals surface area contributed by atoms with Crippen LogP contribution in [0, 0.1) is 0 Å². The first-order chi connectivity index (χ1) is 9.65. The molecular formula is C17H27BrN2. The van der Waals surface area contributed by atoms with Crippen LogP contribution in [0.3, 0.4) is 0 Å². The lowest BCUT2D eigenvalue weighted by Crippen LogP contribution is -2.42. The van der Waals surface area contributed by atoms with E-state index >= 15 is 0 Å². The number of hydrogen-bond acceptors (Lipinski definition) is 2. The molecule has 1 atom stereocenters. The first kappa shape index (κ1) is 16.0. The Morgan fingerprint density at radius 3 is 2.50 bits per heavy atom. The lowest BCUT2D eigenvalue weighted by Gasteiger charge is -2.40. The van der Waals surface area contributed by atoms with Crippen LogP contribution in [0.1, 0.15) is 57.6 Å². The van der Waals surface area contributed by atoms with Crippen LogP contribution in [0.4, 0.5) is 0 Å². The van der Waals surface area contributed by atoms with Gasteiger partial charge in [0.15, 0.2) is 0 Å². The third-order valence-corrected chi connectivity index (χ3v) is 5.09. The van der Waals surface area contributed by atoms with Crippen molar-refractivity contribution in [1.82, 2.24) is 4.90 Å². The molecule has 0 aromatic heterocycles. The standard InChI is InChI=1S/C17H27BrN2/c1-3-17(13-6-5-7-14(18)12-13)20(4-2)16-10-8-15(19)9-11-16/h5-7,12,15-17H,3-4,8-11,19H2,1-2H3. The molecule has 1 aromatic carbocycles. The van der Waals surface area contributed by atoms with Crippen LogP contribution in [-0.4, -0.2) is 23.5 Å². The lowest BCUT2D eigenvalue weighted by atomic mass is 9.88. The highest BCUT2D eigenvalue weighted by molar-refractivity contribution is 9.10. The highest BCUT2D eigenvalue weighted by Gasteiger charge is 2.28. The van der Waals surface area contributed by atoms with E-state index in [1.54, 1.807) is 0 Å². The summed E-state index contributed by atoms with van der Waals surface area (Å²) in [6, 6.07) is 10.4. The molecule has 0 heterocycles. The minimum Gasteiger partial charge on any atom is -0.328 e. The van der Waals surface area contributed by atoms with Crippen molar-refractivity contribution < 1.29 is 0 Å². The van der Waals surface area contributed by atoms with E-state index in [1.165, 1.54) is 35.7 Å². The number of hydrogen-bond donors (Lipinski definition) is 1. The number of halogens is 1. The van der Waals surface area contributed by atoms with Crippen LogP contribution in [0.15, 0.2) is 28.7 Å². The van der Waals surface area contributed by atoms with Crippen molar-refractivity contribution in [3.63, 3.8) is 0 Å². The second-order valence-electron chi connectivity index (χ2n) is 5.88. The summed E-state index contributed by atoms with van der Waals surface area (Å²) in [4.78, 5) is 2.69. The summed E-state index contributed by atoms with van der Waals surface area (Å²) in [5.74, 6) is 0. The van der Waals surface area contributed by atoms with Crippen LogP contribution < -0.4 is 5.73 Å². The number of nitrogens with zero attached hydrogens (tertiary/aromatic N) is 1. The molecule has 2 rings (SSSR count). The Kier molecular flexibility index (Phi) is 6.06. The Morgan fingerprint density at radius 2 is 1.95 bits per heavy atom. The Balaban J connectivity index is 2.15. The predicted octanol–water partition coefficient (Wildman–Crippen LogP) is 4.49. The molecular weight excluding hydrogens is 312 g/mol. The molecule has 1 aliphatic carbocycles. The summed E-state index contributed by atoms with van der Waals surface area (Å²) in [5.41, 5.74) is 7.48. The molecule has 3 heteroatoms. The van der Waals surface area contributed by atoms with Gasteiger partial charge in [0.25, 0.3) is 0 Å². The number of rotatable bonds is 5. The molecule has 1 aliphatic rings. The lowest BCUT2D eigenvalue weighted by molar-refractivity contribution is 0.103. The van der Waals surface area contributed by atoms with Crippen LogP contribution in [0.25, 0.3) is 0 Å². The largest absolute Gasteiger partial charge is 0.328 e. The molecule has 112 valence electrons. The molecule has 0 saturated heterocycles. The van der Waals surface area contributed by atoms with Gasteiger partial charge in [-0.15, -0.1) is 0 Å². The third kappa shape index (κ3) is 3.84. The van der Waals surface area contributed by atoms with Crippen LogP contribution in [-0.2, 0) is 0 Å². The van der Waals surface area contributed by atoms with Gasteiger partial charge in [0.05, 0.1) is 0 Å². The molecule has 1 saturated carbocycles. The Morgan fingerprint density at radius 1 is 1.25 bits per heavy atom. The summed E-state index contributed by atoms with van der Waals surface area (Å²) < 4.78 is 1.18. The van der Waals surface area contributed by atoms with Gasteiger partial charge < -0.3 is 5.73 Å². The molecule has 0 spiro atoms. The zero-order valence-electron chi connectivity index (χ0n) is 12.7. The van der Waals surface area contributed by atoms with Gasteiger partial charge in [-0.3, -0.25) is 4.90 Å². The second kappa shape index (κ2) is 7.58. The molecule has 1 unspecified atom stereocenters. The molecule has 0 amide bonds. The highest BCUT2D eigenvalue weighted by atomic mass is 79.9. The van der Waals surface area contributed by atoms with E-state index in [0.717, 1.165) is 13.0 Å². The van der Waals surface area contributed by atoms with E-state index < -0.39 is 0 Å². The number of nitrogens with two attached hydrogens (primary N) is 1. The van der Waals surface area contributed by atoms with E-state index in [9.17, 15) is 0 Å². The molecule has 2 N–H and O–H groups in total. The monoisotopic (exact) mass is 338 g/mol. The average molecular weight is 339 g/mol. The van der Waals surface area contributed by atoms with E-state index in [-0.39, 0.29) is 0 Å². The molecule has 1 fully saturated rings. The zero-order chi connectivity index (χ0) is 14.5. The maximum absolute atomic E-state index is 6.05. The second-order valence-corrected chi connectivity index (χ2v) is 6.79. The molecule has 2 nitrogen and oxygen atoms in total. The first-order valence-electron chi connectivity index (χ1n) is 7.92. The molecule has 0 radical (unpaired) electrons. The molecule has 0 bridgehead atoms. The summed E-state index contributed by atoms with van der Waals surface area (Å²) in [6.07, 6.45) is 6.01. The van der Waals surface area contributed by atoms with Gasteiger partial charge in [-0.05, 0) is 56.3 Å². The van der Waals surface area contributed by atoms with E-state index in [2.05, 4.69) is 58.9 Å². The van der Waals surface area contributed by atoms with Crippen LogP contribution in [0.2, 0.25) is 0 Å². The highest BCUT2D eigenvalue weighted by Crippen LogP contribution is 2.32. The van der Waals surface area contributed by atoms with Gasteiger partial charge in [-0.2, -0.15) is 0 Å². The van der Waals surface area contributed by atoms with E-state index in [4.69, 9.17) is 5.73 Å². The fraction of sp³-hybridized carbons (Fsp3) is 0.647. The maximum Gasteiger partial charge on any atom is 0.0348 e. The van der Waals surface area contributed by atoms with Crippen molar-refractivity contribution in [1.29, 1.82) is 0 Å². The molecule has 20 heavy (non-hydrogen) atoms. The predicted molar refractivity (Wildman–Crippen MR) is 89.8 cm³/mol. The van der Waals surface area contributed by atoms with Crippen LogP contribution >= 0.6 is 15.9 Å². The van der Waals surface area contributed by atoms with Gasteiger partial charge >= 0.3 is 0 Å². The Bertz CT molecular complexity index is 413. The van der Waals surface area contributed by atoms with Crippen molar-refractivity contribution in [3.8, 4) is 0 Å². The Hall–Kier alpha value is -0.380. The summed E-state index contributed by atoms with van der Waals surface area (Å²) in [7, 11) is 0. The van der Waals surface area contributed by atoms with Gasteiger partial charge in [-0.1, -0.05) is 41.9 Å². The van der Waals surface area contributed by atoms with Crippen LogP contribution in [0.5, 0.6) is 0 Å². The topological polar surface area (TPSA) is 29.3 Å². The van der Waals surface area contributed by atoms with Crippen molar-refractivity contribution in [2.45, 2.75) is 64.1 Å². The zero-order valence-corrected chi connectivity index (χ0v) is 14.3. The van der Waals surface area contributed by atoms with Crippen molar-refractivity contribution in [2.24, 2.45) is 5.73 Å². The SMILES string of the molecule is CCC(c1cccc(Br)c1)N(CC)C1CCC(N)CC1. The minimum absolute atomic E-state index is 0.427. The first-order valence-corrected chi connectivity index (χ1v) is 8.71. The van der Waals surface area contributed by atoms with Crippen molar-refractivity contribution in [2.75, 3.05) is 6.54 Å². The average Bonchev–Trinajstić information content (AvgIpc) is 2.46. The van der Waals surface area contributed by atoms with Gasteiger partial charge in [0.2, 0.25) is 0 Å². The summed E-state index contributed by atoms with van der Waals surface area (Å²) in [5, 5.41) is 0. The fourth-order valence-corrected chi connectivity index (χ4v) is 3.96. The number of benzene rings is 1. The van der Waals surface area contributed by atoms with Crippen molar-refractivity contribution in [3.05, 3.63) is 34.3 Å². The summed E-state index contributed by atoms with van der Waals surface area (Å²) >= 11 is 3.60. The molecule has 0 aliphatic heterocycles. The smallest absolute Gasteiger partial charge is 0.0348 e. The van der Waals surface area contributed by atoms with E-state index in [1.807, 2.05) is 0 Å². The normalized spacial score (nSPS) is 24.9. The minimum atomic E-state index is 0.427. The Labute approximate surface area is 131 Å². The van der Waals surface area contributed by atoms with Gasteiger partial charge in [0.1, 0.15) is 0 Å². The summed E-state index contributed by atoms with van der Waals surface area (Å²) in [6.45, 7) is 5.70. The fourth-order valence-electron chi connectivity index (χ4n) is 3.54. The van der Waals surface area contributed by atoms with Gasteiger partial charge in [0, 0.05) is 22.6 Å². The van der Waals surface area contributed by atoms with Crippen molar-refractivity contribution >= 4 is 15.9 Å². The van der Waals surface area contributed by atoms with E-state index in [0.29, 0.717) is 18.1 Å². The maximum atomic E-state index is 6.05. The molecule has 1 aromatic rings. The quantitative estimate of drug-likeness (QED) is 0.856. The van der Waals surface area contributed by atoms with Gasteiger partial charge in [-0.25, -0.2) is 0 Å². The third-order valence-electron chi connectivity index (χ3n) is 4.60.